The van der Waals surface area contributed by atoms with Crippen LogP contribution in [0.1, 0.15) is 25.3 Å². The quantitative estimate of drug-likeness (QED) is 0.768. The third kappa shape index (κ3) is 4.13. The average molecular weight is 377 g/mol. The lowest BCUT2D eigenvalue weighted by atomic mass is 10.1. The lowest BCUT2D eigenvalue weighted by Crippen LogP contribution is -2.44. The van der Waals surface area contributed by atoms with Crippen molar-refractivity contribution in [3.8, 4) is 11.9 Å². The van der Waals surface area contributed by atoms with Crippen LogP contribution >= 0.6 is 0 Å². The van der Waals surface area contributed by atoms with E-state index in [0.717, 1.165) is 24.8 Å². The standard InChI is InChI=1S/C18H23N3O4S/c1-3-14-6-8-16(9-7-14)26(22,23)21-12-4-5-15(13-21)25-17-10-11-19-18(20-17)24-2/h6-11,15H,3-5,12-13H2,1-2H3. The van der Waals surface area contributed by atoms with E-state index in [4.69, 9.17) is 9.47 Å². The maximum Gasteiger partial charge on any atom is 0.319 e. The molecule has 0 radical (unpaired) electrons. The SMILES string of the molecule is CCc1ccc(S(=O)(=O)N2CCCC(Oc3ccnc(OC)n3)C2)cc1. The molecule has 0 bridgehead atoms. The van der Waals surface area contributed by atoms with Crippen molar-refractivity contribution in [2.24, 2.45) is 0 Å². The van der Waals surface area contributed by atoms with Gasteiger partial charge in [-0.1, -0.05) is 19.1 Å². The van der Waals surface area contributed by atoms with Crippen LogP contribution in [0.15, 0.2) is 41.4 Å². The molecule has 1 aliphatic rings. The smallest absolute Gasteiger partial charge is 0.319 e. The highest BCUT2D eigenvalue weighted by atomic mass is 32.2. The van der Waals surface area contributed by atoms with Gasteiger partial charge in [0.05, 0.1) is 18.6 Å². The van der Waals surface area contributed by atoms with Crippen LogP contribution in [0.5, 0.6) is 11.9 Å². The number of aromatic nitrogens is 2. The van der Waals surface area contributed by atoms with E-state index >= 15 is 0 Å². The van der Waals surface area contributed by atoms with Crippen LogP contribution in [0, 0.1) is 0 Å². The maximum absolute atomic E-state index is 12.9. The summed E-state index contributed by atoms with van der Waals surface area (Å²) in [5.41, 5.74) is 1.11. The summed E-state index contributed by atoms with van der Waals surface area (Å²) in [6.45, 7) is 2.83. The van der Waals surface area contributed by atoms with E-state index in [0.29, 0.717) is 23.9 Å². The van der Waals surface area contributed by atoms with E-state index in [1.807, 2.05) is 19.1 Å². The maximum atomic E-state index is 12.9. The summed E-state index contributed by atoms with van der Waals surface area (Å²) in [4.78, 5) is 8.38. The fraction of sp³-hybridized carbons (Fsp3) is 0.444. The molecule has 1 fully saturated rings. The molecule has 1 aliphatic heterocycles. The second-order valence-corrected chi connectivity index (χ2v) is 8.06. The molecule has 1 unspecified atom stereocenters. The molecule has 1 aromatic carbocycles. The molecule has 8 heteroatoms. The monoisotopic (exact) mass is 377 g/mol. The van der Waals surface area contributed by atoms with Crippen LogP contribution in [0.4, 0.5) is 0 Å². The summed E-state index contributed by atoms with van der Waals surface area (Å²) in [6.07, 6.45) is 3.68. The Morgan fingerprint density at radius 1 is 1.23 bits per heavy atom. The molecule has 0 N–H and O–H groups in total. The number of hydrogen-bond acceptors (Lipinski definition) is 6. The Labute approximate surface area is 154 Å². The minimum atomic E-state index is -3.53. The number of aryl methyl sites for hydroxylation is 1. The highest BCUT2D eigenvalue weighted by Gasteiger charge is 2.31. The van der Waals surface area contributed by atoms with Gasteiger partial charge in [-0.15, -0.1) is 0 Å². The van der Waals surface area contributed by atoms with Crippen LogP contribution < -0.4 is 9.47 Å². The third-order valence-electron chi connectivity index (χ3n) is 4.39. The summed E-state index contributed by atoms with van der Waals surface area (Å²) < 4.78 is 38.2. The fourth-order valence-corrected chi connectivity index (χ4v) is 4.44. The molecule has 1 atom stereocenters. The number of benzene rings is 1. The zero-order valence-electron chi connectivity index (χ0n) is 15.0. The lowest BCUT2D eigenvalue weighted by Gasteiger charge is -2.31. The Balaban J connectivity index is 1.72. The van der Waals surface area contributed by atoms with E-state index in [9.17, 15) is 8.42 Å². The number of sulfonamides is 1. The normalized spacial score (nSPS) is 18.5. The molecule has 0 amide bonds. The van der Waals surface area contributed by atoms with Gasteiger partial charge < -0.3 is 9.47 Å². The van der Waals surface area contributed by atoms with E-state index in [-0.39, 0.29) is 12.1 Å². The van der Waals surface area contributed by atoms with Gasteiger partial charge in [0.2, 0.25) is 15.9 Å². The molecule has 140 valence electrons. The Morgan fingerprint density at radius 2 is 2.00 bits per heavy atom. The molecule has 3 rings (SSSR count). The summed E-state index contributed by atoms with van der Waals surface area (Å²) >= 11 is 0. The van der Waals surface area contributed by atoms with Crippen molar-refractivity contribution in [1.29, 1.82) is 0 Å². The summed E-state index contributed by atoms with van der Waals surface area (Å²) in [5.74, 6) is 0.383. The Kier molecular flexibility index (Phi) is 5.73. The van der Waals surface area contributed by atoms with Gasteiger partial charge in [0.25, 0.3) is 0 Å². The Hall–Kier alpha value is -2.19. The van der Waals surface area contributed by atoms with Crippen LogP contribution in [0.2, 0.25) is 0 Å². The molecule has 0 aliphatic carbocycles. The number of nitrogens with zero attached hydrogens (tertiary/aromatic N) is 3. The van der Waals surface area contributed by atoms with Gasteiger partial charge in [0.1, 0.15) is 6.10 Å². The summed E-state index contributed by atoms with van der Waals surface area (Å²) in [5, 5.41) is 0. The van der Waals surface area contributed by atoms with Gasteiger partial charge >= 0.3 is 6.01 Å². The second kappa shape index (κ2) is 8.01. The van der Waals surface area contributed by atoms with Crippen LogP contribution in [-0.4, -0.2) is 49.0 Å². The highest BCUT2D eigenvalue weighted by Crippen LogP contribution is 2.23. The average Bonchev–Trinajstić information content (AvgIpc) is 2.68. The first-order valence-electron chi connectivity index (χ1n) is 8.65. The number of rotatable bonds is 6. The minimum Gasteiger partial charge on any atom is -0.473 e. The van der Waals surface area contributed by atoms with Crippen molar-refractivity contribution in [3.63, 3.8) is 0 Å². The number of hydrogen-bond donors (Lipinski definition) is 0. The van der Waals surface area contributed by atoms with Gasteiger partial charge in [-0.3, -0.25) is 0 Å². The van der Waals surface area contributed by atoms with E-state index < -0.39 is 10.0 Å². The van der Waals surface area contributed by atoms with Crippen LogP contribution in [0.25, 0.3) is 0 Å². The van der Waals surface area contributed by atoms with E-state index in [2.05, 4.69) is 9.97 Å². The van der Waals surface area contributed by atoms with Crippen molar-refractivity contribution in [1.82, 2.24) is 14.3 Å². The number of piperidine rings is 1. The predicted molar refractivity (Wildman–Crippen MR) is 96.8 cm³/mol. The predicted octanol–water partition coefficient (Wildman–Crippen LogP) is 2.28. The summed E-state index contributed by atoms with van der Waals surface area (Å²) in [6, 6.07) is 8.93. The van der Waals surface area contributed by atoms with Gasteiger partial charge in [-0.2, -0.15) is 9.29 Å². The molecule has 1 aromatic heterocycles. The Bertz CT molecular complexity index is 840. The van der Waals surface area contributed by atoms with Crippen molar-refractivity contribution in [2.45, 2.75) is 37.2 Å². The molecule has 1 saturated heterocycles. The molecule has 2 heterocycles. The number of methoxy groups -OCH3 is 1. The second-order valence-electron chi connectivity index (χ2n) is 6.12. The largest absolute Gasteiger partial charge is 0.473 e. The van der Waals surface area contributed by atoms with Gasteiger partial charge in [-0.25, -0.2) is 13.4 Å². The first kappa shape index (κ1) is 18.6. The first-order chi connectivity index (χ1) is 12.5. The van der Waals surface area contributed by atoms with E-state index in [1.54, 1.807) is 24.4 Å². The van der Waals surface area contributed by atoms with Crippen molar-refractivity contribution in [3.05, 3.63) is 42.1 Å². The lowest BCUT2D eigenvalue weighted by molar-refractivity contribution is 0.123. The Morgan fingerprint density at radius 3 is 2.69 bits per heavy atom. The zero-order chi connectivity index (χ0) is 18.6. The number of ether oxygens (including phenoxy) is 2. The van der Waals surface area contributed by atoms with Crippen molar-refractivity contribution in [2.75, 3.05) is 20.2 Å². The van der Waals surface area contributed by atoms with Crippen molar-refractivity contribution >= 4 is 10.0 Å². The molecule has 7 nitrogen and oxygen atoms in total. The van der Waals surface area contributed by atoms with Crippen LogP contribution in [-0.2, 0) is 16.4 Å². The third-order valence-corrected chi connectivity index (χ3v) is 6.27. The summed E-state index contributed by atoms with van der Waals surface area (Å²) in [7, 11) is -2.05. The van der Waals surface area contributed by atoms with Crippen LogP contribution in [0.3, 0.4) is 0 Å². The molecule has 0 spiro atoms. The highest BCUT2D eigenvalue weighted by molar-refractivity contribution is 7.89. The molecule has 0 saturated carbocycles. The minimum absolute atomic E-state index is 0.221. The van der Waals surface area contributed by atoms with Gasteiger partial charge in [0.15, 0.2) is 0 Å². The van der Waals surface area contributed by atoms with Gasteiger partial charge in [0, 0.05) is 18.8 Å². The first-order valence-corrected chi connectivity index (χ1v) is 10.1. The van der Waals surface area contributed by atoms with Crippen molar-refractivity contribution < 1.29 is 17.9 Å². The van der Waals surface area contributed by atoms with E-state index in [1.165, 1.54) is 11.4 Å². The molecular formula is C18H23N3O4S. The van der Waals surface area contributed by atoms with Gasteiger partial charge in [-0.05, 0) is 37.0 Å². The fourth-order valence-electron chi connectivity index (χ4n) is 2.93. The molecule has 2 aromatic rings. The molecule has 26 heavy (non-hydrogen) atoms. The zero-order valence-corrected chi connectivity index (χ0v) is 15.8. The topological polar surface area (TPSA) is 81.6 Å². The molecular weight excluding hydrogens is 354 g/mol.